The SMILES string of the molecule is COc1cccc(C2C(C(=O)Nc3ccc(F)cc3)=C(C)NC3=C2C(=O)CC(C)(C)C3)c1. The summed E-state index contributed by atoms with van der Waals surface area (Å²) in [7, 11) is 1.59. The zero-order valence-corrected chi connectivity index (χ0v) is 18.7. The first kappa shape index (κ1) is 21.8. The van der Waals surface area contributed by atoms with Crippen LogP contribution in [0.15, 0.2) is 71.1 Å². The van der Waals surface area contributed by atoms with E-state index in [1.165, 1.54) is 24.3 Å². The fourth-order valence-electron chi connectivity index (χ4n) is 4.62. The smallest absolute Gasteiger partial charge is 0.254 e. The van der Waals surface area contributed by atoms with Gasteiger partial charge in [-0.2, -0.15) is 0 Å². The summed E-state index contributed by atoms with van der Waals surface area (Å²) in [5.41, 5.74) is 3.81. The highest BCUT2D eigenvalue weighted by Gasteiger charge is 2.42. The lowest BCUT2D eigenvalue weighted by atomic mass is 9.68. The van der Waals surface area contributed by atoms with E-state index in [0.717, 1.165) is 17.7 Å². The van der Waals surface area contributed by atoms with Crippen LogP contribution in [-0.2, 0) is 9.59 Å². The second-order valence-electron chi connectivity index (χ2n) is 9.17. The lowest BCUT2D eigenvalue weighted by Crippen LogP contribution is -2.39. The lowest BCUT2D eigenvalue weighted by Gasteiger charge is -2.39. The van der Waals surface area contributed by atoms with E-state index in [9.17, 15) is 14.0 Å². The molecule has 2 aromatic carbocycles. The molecule has 32 heavy (non-hydrogen) atoms. The molecule has 4 rings (SSSR count). The van der Waals surface area contributed by atoms with Crippen molar-refractivity contribution in [2.24, 2.45) is 5.41 Å². The molecule has 0 spiro atoms. The molecule has 2 aromatic rings. The summed E-state index contributed by atoms with van der Waals surface area (Å²) in [4.78, 5) is 26.8. The van der Waals surface area contributed by atoms with Crippen molar-refractivity contribution in [2.75, 3.05) is 12.4 Å². The first-order valence-corrected chi connectivity index (χ1v) is 10.6. The number of halogens is 1. The number of nitrogens with one attached hydrogen (secondary N) is 2. The summed E-state index contributed by atoms with van der Waals surface area (Å²) in [6, 6.07) is 13.1. The number of rotatable bonds is 4. The minimum absolute atomic E-state index is 0.0381. The predicted octanol–water partition coefficient (Wildman–Crippen LogP) is 5.08. The first-order chi connectivity index (χ1) is 15.2. The van der Waals surface area contributed by atoms with E-state index < -0.39 is 5.92 Å². The Morgan fingerprint density at radius 3 is 2.56 bits per heavy atom. The molecule has 1 atom stereocenters. The second-order valence-corrected chi connectivity index (χ2v) is 9.17. The van der Waals surface area contributed by atoms with Crippen LogP contribution in [0.1, 0.15) is 45.1 Å². The van der Waals surface area contributed by atoms with Gasteiger partial charge in [-0.15, -0.1) is 0 Å². The Bertz CT molecular complexity index is 1150. The topological polar surface area (TPSA) is 67.4 Å². The van der Waals surface area contributed by atoms with Crippen LogP contribution < -0.4 is 15.4 Å². The van der Waals surface area contributed by atoms with E-state index in [0.29, 0.717) is 34.7 Å². The predicted molar refractivity (Wildman–Crippen MR) is 122 cm³/mol. The molecule has 1 aliphatic carbocycles. The second kappa shape index (κ2) is 8.26. The molecule has 2 N–H and O–H groups in total. The molecule has 6 heteroatoms. The molecule has 0 aromatic heterocycles. The summed E-state index contributed by atoms with van der Waals surface area (Å²) >= 11 is 0. The van der Waals surface area contributed by atoms with E-state index >= 15 is 0 Å². The maximum Gasteiger partial charge on any atom is 0.254 e. The standard InChI is InChI=1S/C26H27FN2O3/c1-15-22(25(31)29-18-10-8-17(27)9-11-18)23(16-6-5-7-19(12-16)32-4)24-20(28-15)13-26(2,3)14-21(24)30/h5-12,23,28H,13-14H2,1-4H3,(H,29,31). The van der Waals surface area contributed by atoms with Crippen LogP contribution in [0.5, 0.6) is 5.75 Å². The minimum atomic E-state index is -0.523. The highest BCUT2D eigenvalue weighted by Crippen LogP contribution is 2.47. The molecule has 0 fully saturated rings. The van der Waals surface area contributed by atoms with Crippen molar-refractivity contribution in [3.63, 3.8) is 0 Å². The average molecular weight is 435 g/mol. The fraction of sp³-hybridized carbons (Fsp3) is 0.308. The van der Waals surface area contributed by atoms with E-state index in [1.54, 1.807) is 7.11 Å². The van der Waals surface area contributed by atoms with Crippen LogP contribution in [0, 0.1) is 11.2 Å². The maximum absolute atomic E-state index is 13.4. The number of carbonyl (C=O) groups excluding carboxylic acids is 2. The van der Waals surface area contributed by atoms with Gasteiger partial charge in [0.2, 0.25) is 0 Å². The molecule has 0 bridgehead atoms. The summed E-state index contributed by atoms with van der Waals surface area (Å²) in [6.07, 6.45) is 1.14. The van der Waals surface area contributed by atoms with Gasteiger partial charge in [0.15, 0.2) is 5.78 Å². The number of anilines is 1. The Morgan fingerprint density at radius 1 is 1.16 bits per heavy atom. The van der Waals surface area contributed by atoms with Gasteiger partial charge in [-0.05, 0) is 60.7 Å². The fourth-order valence-corrected chi connectivity index (χ4v) is 4.62. The number of ether oxygens (including phenoxy) is 1. The number of dihydropyridines is 1. The van der Waals surface area contributed by atoms with E-state index in [2.05, 4.69) is 24.5 Å². The number of benzene rings is 2. The van der Waals surface area contributed by atoms with Gasteiger partial charge in [0.05, 0.1) is 7.11 Å². The van der Waals surface area contributed by atoms with Crippen LogP contribution in [0.25, 0.3) is 0 Å². The number of ketones is 1. The summed E-state index contributed by atoms with van der Waals surface area (Å²) < 4.78 is 18.7. The third kappa shape index (κ3) is 4.17. The van der Waals surface area contributed by atoms with Crippen molar-refractivity contribution in [3.8, 4) is 5.75 Å². The number of amides is 1. The maximum atomic E-state index is 13.4. The van der Waals surface area contributed by atoms with E-state index in [1.807, 2.05) is 31.2 Å². The molecule has 0 saturated heterocycles. The van der Waals surface area contributed by atoms with Crippen molar-refractivity contribution in [2.45, 2.75) is 39.5 Å². The van der Waals surface area contributed by atoms with Crippen LogP contribution in [0.3, 0.4) is 0 Å². The molecule has 1 heterocycles. The molecule has 0 saturated carbocycles. The summed E-state index contributed by atoms with van der Waals surface area (Å²) in [6.45, 7) is 6.00. The molecule has 166 valence electrons. The number of allylic oxidation sites excluding steroid dienone is 3. The molecule has 5 nitrogen and oxygen atoms in total. The zero-order valence-electron chi connectivity index (χ0n) is 18.7. The quantitative estimate of drug-likeness (QED) is 0.705. The average Bonchev–Trinajstić information content (AvgIpc) is 2.73. The van der Waals surface area contributed by atoms with E-state index in [-0.39, 0.29) is 22.9 Å². The van der Waals surface area contributed by atoms with Gasteiger partial charge in [0, 0.05) is 40.6 Å². The van der Waals surface area contributed by atoms with Crippen LogP contribution in [-0.4, -0.2) is 18.8 Å². The monoisotopic (exact) mass is 434 g/mol. The molecule has 0 radical (unpaired) electrons. The third-order valence-corrected chi connectivity index (χ3v) is 6.01. The molecular formula is C26H27FN2O3. The Balaban J connectivity index is 1.81. The van der Waals surface area contributed by atoms with Gasteiger partial charge >= 0.3 is 0 Å². The lowest BCUT2D eigenvalue weighted by molar-refractivity contribution is -0.118. The Labute approximate surface area is 187 Å². The number of hydrogen-bond donors (Lipinski definition) is 2. The van der Waals surface area contributed by atoms with Crippen molar-refractivity contribution in [1.29, 1.82) is 0 Å². The van der Waals surface area contributed by atoms with Gasteiger partial charge in [-0.3, -0.25) is 9.59 Å². The van der Waals surface area contributed by atoms with Crippen LogP contribution >= 0.6 is 0 Å². The van der Waals surface area contributed by atoms with Gasteiger partial charge < -0.3 is 15.4 Å². The highest BCUT2D eigenvalue weighted by atomic mass is 19.1. The zero-order chi connectivity index (χ0) is 23.0. The number of carbonyl (C=O) groups is 2. The largest absolute Gasteiger partial charge is 0.497 e. The van der Waals surface area contributed by atoms with Crippen molar-refractivity contribution < 1.29 is 18.7 Å². The first-order valence-electron chi connectivity index (χ1n) is 10.6. The Morgan fingerprint density at radius 2 is 1.88 bits per heavy atom. The number of hydrogen-bond acceptors (Lipinski definition) is 4. The van der Waals surface area contributed by atoms with Crippen molar-refractivity contribution >= 4 is 17.4 Å². The van der Waals surface area contributed by atoms with Gasteiger partial charge in [0.1, 0.15) is 11.6 Å². The normalized spacial score (nSPS) is 19.9. The summed E-state index contributed by atoms with van der Waals surface area (Å²) in [5, 5.41) is 6.20. The Hall–Kier alpha value is -3.41. The van der Waals surface area contributed by atoms with E-state index in [4.69, 9.17) is 4.74 Å². The summed E-state index contributed by atoms with van der Waals surface area (Å²) in [5.74, 6) is -0.542. The van der Waals surface area contributed by atoms with Gasteiger partial charge in [0.25, 0.3) is 5.91 Å². The number of methoxy groups -OCH3 is 1. The number of Topliss-reactive ketones (excluding diaryl/α,β-unsaturated/α-hetero) is 1. The molecule has 1 aliphatic heterocycles. The van der Waals surface area contributed by atoms with Crippen LogP contribution in [0.2, 0.25) is 0 Å². The third-order valence-electron chi connectivity index (χ3n) is 6.01. The highest BCUT2D eigenvalue weighted by molar-refractivity contribution is 6.10. The van der Waals surface area contributed by atoms with Crippen LogP contribution in [0.4, 0.5) is 10.1 Å². The Kier molecular flexibility index (Phi) is 5.63. The van der Waals surface area contributed by atoms with Gasteiger partial charge in [-0.25, -0.2) is 4.39 Å². The van der Waals surface area contributed by atoms with Crippen molar-refractivity contribution in [3.05, 3.63) is 82.5 Å². The molecule has 1 unspecified atom stereocenters. The molecular weight excluding hydrogens is 407 g/mol. The van der Waals surface area contributed by atoms with Crippen molar-refractivity contribution in [1.82, 2.24) is 5.32 Å². The molecule has 2 aliphatic rings. The van der Waals surface area contributed by atoms with Gasteiger partial charge in [-0.1, -0.05) is 26.0 Å². The molecule has 1 amide bonds. The minimum Gasteiger partial charge on any atom is -0.497 e.